The Morgan fingerprint density at radius 1 is 1.42 bits per heavy atom. The van der Waals surface area contributed by atoms with Crippen LogP contribution in [-0.4, -0.2) is 15.9 Å². The van der Waals surface area contributed by atoms with Crippen LogP contribution < -0.4 is 5.73 Å². The van der Waals surface area contributed by atoms with E-state index in [0.717, 1.165) is 17.1 Å². The van der Waals surface area contributed by atoms with Gasteiger partial charge in [-0.1, -0.05) is 5.16 Å². The minimum atomic E-state index is -0.0531. The Morgan fingerprint density at radius 3 is 3.11 bits per heavy atom. The summed E-state index contributed by atoms with van der Waals surface area (Å²) < 4.78 is 5.39. The van der Waals surface area contributed by atoms with Gasteiger partial charge in [0.25, 0.3) is 5.89 Å². The first-order valence-electron chi connectivity index (χ1n) is 6.60. The van der Waals surface area contributed by atoms with Gasteiger partial charge in [-0.05, 0) is 42.6 Å². The first kappa shape index (κ1) is 11.9. The maximum Gasteiger partial charge on any atom is 0.268 e. The minimum absolute atomic E-state index is 0.0531. The van der Waals surface area contributed by atoms with Crippen molar-refractivity contribution < 1.29 is 4.52 Å². The van der Waals surface area contributed by atoms with Gasteiger partial charge in [0.05, 0.1) is 10.9 Å². The van der Waals surface area contributed by atoms with Gasteiger partial charge in [0.1, 0.15) is 0 Å². The summed E-state index contributed by atoms with van der Waals surface area (Å²) in [7, 11) is 0. The van der Waals surface area contributed by atoms with E-state index in [1.54, 1.807) is 11.3 Å². The average molecular weight is 293 g/mol. The Morgan fingerprint density at radius 2 is 2.32 bits per heavy atom. The van der Waals surface area contributed by atoms with Gasteiger partial charge in [-0.15, -0.1) is 11.3 Å². The highest BCUT2D eigenvalue weighted by Crippen LogP contribution is 2.40. The summed E-state index contributed by atoms with van der Waals surface area (Å²) in [4.78, 5) is 7.05. The van der Waals surface area contributed by atoms with Crippen molar-refractivity contribution in [2.45, 2.75) is 31.1 Å². The van der Waals surface area contributed by atoms with Crippen LogP contribution in [0, 0.1) is 5.92 Å². The molecule has 3 heterocycles. The Kier molecular flexibility index (Phi) is 2.90. The molecule has 19 heavy (non-hydrogen) atoms. The molecule has 4 rings (SSSR count). The van der Waals surface area contributed by atoms with Crippen LogP contribution in [0.2, 0.25) is 0 Å². The molecule has 1 aliphatic carbocycles. The number of aryl methyl sites for hydroxylation is 1. The van der Waals surface area contributed by atoms with Crippen LogP contribution in [0.25, 0.3) is 10.8 Å². The zero-order chi connectivity index (χ0) is 12.8. The van der Waals surface area contributed by atoms with Crippen molar-refractivity contribution in [3.63, 3.8) is 0 Å². The van der Waals surface area contributed by atoms with Gasteiger partial charge in [0.15, 0.2) is 5.82 Å². The number of nitrogens with zero attached hydrogens (tertiary/aromatic N) is 2. The molecule has 2 aromatic heterocycles. The smallest absolute Gasteiger partial charge is 0.268 e. The van der Waals surface area contributed by atoms with E-state index < -0.39 is 0 Å². The maximum atomic E-state index is 6.10. The molecule has 2 N–H and O–H groups in total. The Bertz CT molecular complexity index is 579. The normalized spacial score (nSPS) is 20.3. The van der Waals surface area contributed by atoms with Crippen molar-refractivity contribution in [3.05, 3.63) is 22.3 Å². The van der Waals surface area contributed by atoms with Crippen molar-refractivity contribution in [3.8, 4) is 10.8 Å². The molecular formula is C13H15N3OS2. The molecule has 0 bridgehead atoms. The third-order valence-corrected chi connectivity index (χ3v) is 5.94. The lowest BCUT2D eigenvalue weighted by atomic mass is 10.2. The molecule has 4 nitrogen and oxygen atoms in total. The summed E-state index contributed by atoms with van der Waals surface area (Å²) in [5.41, 5.74) is 7.54. The molecule has 1 aliphatic heterocycles. The number of hydrogen-bond acceptors (Lipinski definition) is 6. The van der Waals surface area contributed by atoms with Gasteiger partial charge in [-0.2, -0.15) is 16.7 Å². The monoisotopic (exact) mass is 293 g/mol. The molecule has 6 heteroatoms. The Balaban J connectivity index is 1.63. The van der Waals surface area contributed by atoms with E-state index in [9.17, 15) is 0 Å². The van der Waals surface area contributed by atoms with E-state index in [-0.39, 0.29) is 6.04 Å². The Labute approximate surface area is 119 Å². The molecule has 2 aliphatic rings. The SMILES string of the molecule is NC(c1noc(-c2cc3c(s2)CCSC3)n1)C1CC1. The summed E-state index contributed by atoms with van der Waals surface area (Å²) in [6, 6.07) is 2.15. The molecule has 0 saturated heterocycles. The van der Waals surface area contributed by atoms with Gasteiger partial charge in [-0.25, -0.2) is 0 Å². The second-order valence-electron chi connectivity index (χ2n) is 5.18. The minimum Gasteiger partial charge on any atom is -0.333 e. The average Bonchev–Trinajstić information content (AvgIpc) is 3.01. The van der Waals surface area contributed by atoms with E-state index in [2.05, 4.69) is 16.2 Å². The molecule has 0 amide bonds. The zero-order valence-corrected chi connectivity index (χ0v) is 12.1. The van der Waals surface area contributed by atoms with Crippen LogP contribution in [0.5, 0.6) is 0 Å². The van der Waals surface area contributed by atoms with Gasteiger partial charge in [0, 0.05) is 10.6 Å². The van der Waals surface area contributed by atoms with Gasteiger partial charge in [-0.3, -0.25) is 0 Å². The zero-order valence-electron chi connectivity index (χ0n) is 10.5. The third kappa shape index (κ3) is 2.22. The van der Waals surface area contributed by atoms with Crippen LogP contribution in [-0.2, 0) is 12.2 Å². The first-order chi connectivity index (χ1) is 9.31. The number of thioether (sulfide) groups is 1. The van der Waals surface area contributed by atoms with Crippen molar-refractivity contribution >= 4 is 23.1 Å². The highest BCUT2D eigenvalue weighted by Gasteiger charge is 2.33. The number of rotatable bonds is 3. The van der Waals surface area contributed by atoms with Crippen LogP contribution in [0.4, 0.5) is 0 Å². The lowest BCUT2D eigenvalue weighted by molar-refractivity contribution is 0.412. The van der Waals surface area contributed by atoms with E-state index in [4.69, 9.17) is 10.3 Å². The van der Waals surface area contributed by atoms with Crippen molar-refractivity contribution in [1.29, 1.82) is 0 Å². The Hall–Kier alpha value is -0.850. The fourth-order valence-corrected chi connectivity index (χ4v) is 4.68. The predicted molar refractivity (Wildman–Crippen MR) is 77.1 cm³/mol. The molecule has 1 saturated carbocycles. The summed E-state index contributed by atoms with van der Waals surface area (Å²) in [5, 5.41) is 4.05. The molecule has 2 aromatic rings. The van der Waals surface area contributed by atoms with Gasteiger partial charge in [0.2, 0.25) is 0 Å². The molecule has 1 unspecified atom stereocenters. The molecule has 0 aromatic carbocycles. The summed E-state index contributed by atoms with van der Waals surface area (Å²) in [6.07, 6.45) is 3.54. The molecule has 0 spiro atoms. The largest absolute Gasteiger partial charge is 0.333 e. The summed E-state index contributed by atoms with van der Waals surface area (Å²) in [6.45, 7) is 0. The topological polar surface area (TPSA) is 64.9 Å². The molecule has 0 radical (unpaired) electrons. The van der Waals surface area contributed by atoms with Crippen LogP contribution in [0.3, 0.4) is 0 Å². The van der Waals surface area contributed by atoms with E-state index in [0.29, 0.717) is 17.6 Å². The highest BCUT2D eigenvalue weighted by atomic mass is 32.2. The van der Waals surface area contributed by atoms with Crippen LogP contribution in [0.15, 0.2) is 10.6 Å². The number of thiophene rings is 1. The third-order valence-electron chi connectivity index (χ3n) is 3.71. The van der Waals surface area contributed by atoms with E-state index in [1.807, 2.05) is 11.8 Å². The fourth-order valence-electron chi connectivity index (χ4n) is 2.39. The van der Waals surface area contributed by atoms with Gasteiger partial charge < -0.3 is 10.3 Å². The maximum absolute atomic E-state index is 6.10. The summed E-state index contributed by atoms with van der Waals surface area (Å²) >= 11 is 3.78. The number of fused-ring (bicyclic) bond motifs is 1. The van der Waals surface area contributed by atoms with Crippen LogP contribution >= 0.6 is 23.1 Å². The fraction of sp³-hybridized carbons (Fsp3) is 0.538. The number of nitrogens with two attached hydrogens (primary N) is 1. The highest BCUT2D eigenvalue weighted by molar-refractivity contribution is 7.98. The predicted octanol–water partition coefficient (Wildman–Crippen LogP) is 3.00. The van der Waals surface area contributed by atoms with Crippen LogP contribution in [0.1, 0.15) is 35.1 Å². The summed E-state index contributed by atoms with van der Waals surface area (Å²) in [5.74, 6) is 4.18. The van der Waals surface area contributed by atoms with Crippen molar-refractivity contribution in [2.75, 3.05) is 5.75 Å². The molecule has 1 fully saturated rings. The first-order valence-corrected chi connectivity index (χ1v) is 8.57. The molecule has 1 atom stereocenters. The number of aromatic nitrogens is 2. The lowest BCUT2D eigenvalue weighted by Crippen LogP contribution is -2.13. The van der Waals surface area contributed by atoms with E-state index >= 15 is 0 Å². The molecular weight excluding hydrogens is 278 g/mol. The standard InChI is InChI=1S/C13H15N3OS2/c14-11(7-1-2-7)12-15-13(17-16-12)10-5-8-6-18-4-3-9(8)19-10/h5,7,11H,1-4,6,14H2. The van der Waals surface area contributed by atoms with Crippen molar-refractivity contribution in [1.82, 2.24) is 10.1 Å². The quantitative estimate of drug-likeness (QED) is 0.942. The molecule has 100 valence electrons. The second kappa shape index (κ2) is 4.61. The van der Waals surface area contributed by atoms with Gasteiger partial charge >= 0.3 is 0 Å². The lowest BCUT2D eigenvalue weighted by Gasteiger charge is -2.08. The second-order valence-corrected chi connectivity index (χ2v) is 7.42. The van der Waals surface area contributed by atoms with Crippen molar-refractivity contribution in [2.24, 2.45) is 11.7 Å². The number of hydrogen-bond donors (Lipinski definition) is 1. The van der Waals surface area contributed by atoms with E-state index in [1.165, 1.54) is 29.0 Å².